The minimum Gasteiger partial charge on any atom is -0.366 e. The zero-order chi connectivity index (χ0) is 13.8. The molecule has 1 rings (SSSR count). The average molecular weight is 291 g/mol. The number of halogens is 1. The maximum Gasteiger partial charge on any atom is 0.248 e. The molecule has 7 heteroatoms. The van der Waals surface area contributed by atoms with Crippen molar-refractivity contribution in [3.63, 3.8) is 0 Å². The van der Waals surface area contributed by atoms with Gasteiger partial charge in [0.1, 0.15) is 0 Å². The molecule has 0 aromatic heterocycles. The number of primary amides is 1. The summed E-state index contributed by atoms with van der Waals surface area (Å²) in [7, 11) is -3.47. The van der Waals surface area contributed by atoms with E-state index in [1.165, 1.54) is 12.1 Å². The van der Waals surface area contributed by atoms with Crippen molar-refractivity contribution in [2.24, 2.45) is 11.7 Å². The molecule has 0 aliphatic rings. The third kappa shape index (κ3) is 4.54. The Bertz CT molecular complexity index is 531. The summed E-state index contributed by atoms with van der Waals surface area (Å²) < 4.78 is 25.9. The number of alkyl halides is 1. The molecule has 5 nitrogen and oxygen atoms in total. The van der Waals surface area contributed by atoms with Crippen LogP contribution in [0.2, 0.25) is 0 Å². The van der Waals surface area contributed by atoms with E-state index in [-0.39, 0.29) is 23.1 Å². The summed E-state index contributed by atoms with van der Waals surface area (Å²) in [6, 6.07) is 6.02. The molecule has 3 N–H and O–H groups in total. The van der Waals surface area contributed by atoms with Crippen LogP contribution in [0.25, 0.3) is 0 Å². The van der Waals surface area contributed by atoms with Crippen LogP contribution in [0, 0.1) is 5.92 Å². The van der Waals surface area contributed by atoms with Gasteiger partial charge in [0.15, 0.2) is 0 Å². The second-order valence-electron chi connectivity index (χ2n) is 4.09. The van der Waals surface area contributed by atoms with Gasteiger partial charge in [-0.15, -0.1) is 11.6 Å². The summed E-state index contributed by atoms with van der Waals surface area (Å²) in [6.07, 6.45) is 0. The lowest BCUT2D eigenvalue weighted by Crippen LogP contribution is -2.22. The molecule has 0 heterocycles. The first-order chi connectivity index (χ1) is 8.34. The molecule has 1 aromatic carbocycles. The number of sulfonamides is 1. The molecule has 1 amide bonds. The summed E-state index contributed by atoms with van der Waals surface area (Å²) in [5.41, 5.74) is 5.68. The van der Waals surface area contributed by atoms with E-state index in [1.807, 2.05) is 0 Å². The maximum absolute atomic E-state index is 11.8. The Labute approximate surface area is 111 Å². The molecule has 0 saturated heterocycles. The van der Waals surface area contributed by atoms with Gasteiger partial charge < -0.3 is 5.73 Å². The topological polar surface area (TPSA) is 89.3 Å². The number of carbonyl (C=O) groups is 1. The lowest BCUT2D eigenvalue weighted by molar-refractivity contribution is 0.100. The van der Waals surface area contributed by atoms with Crippen molar-refractivity contribution in [3.8, 4) is 0 Å². The normalized spacial score (nSPS) is 13.0. The predicted molar refractivity (Wildman–Crippen MR) is 72.3 cm³/mol. The van der Waals surface area contributed by atoms with Crippen molar-refractivity contribution in [1.82, 2.24) is 0 Å². The van der Waals surface area contributed by atoms with Crippen molar-refractivity contribution in [2.45, 2.75) is 6.92 Å². The fourth-order valence-corrected chi connectivity index (χ4v) is 3.05. The molecule has 0 aliphatic heterocycles. The molecular formula is C11H15ClN2O3S. The van der Waals surface area contributed by atoms with Crippen LogP contribution in [-0.4, -0.2) is 26.0 Å². The van der Waals surface area contributed by atoms with Crippen molar-refractivity contribution in [2.75, 3.05) is 16.4 Å². The number of amides is 1. The average Bonchev–Trinajstić information content (AvgIpc) is 2.27. The van der Waals surface area contributed by atoms with Crippen molar-refractivity contribution >= 4 is 33.2 Å². The molecule has 0 aliphatic carbocycles. The summed E-state index contributed by atoms with van der Waals surface area (Å²) in [4.78, 5) is 11.0. The third-order valence-corrected chi connectivity index (χ3v) is 4.27. The fraction of sp³-hybridized carbons (Fsp3) is 0.364. The van der Waals surface area contributed by atoms with Crippen molar-refractivity contribution in [1.29, 1.82) is 0 Å². The highest BCUT2D eigenvalue weighted by Gasteiger charge is 2.15. The molecule has 0 radical (unpaired) electrons. The second-order valence-corrected chi connectivity index (χ2v) is 6.16. The Morgan fingerprint density at radius 3 is 2.72 bits per heavy atom. The lowest BCUT2D eigenvalue weighted by atomic mass is 10.2. The van der Waals surface area contributed by atoms with Gasteiger partial charge in [0, 0.05) is 17.1 Å². The number of hydrogen-bond acceptors (Lipinski definition) is 3. The van der Waals surface area contributed by atoms with Crippen LogP contribution in [0.4, 0.5) is 5.69 Å². The number of anilines is 1. The van der Waals surface area contributed by atoms with Gasteiger partial charge in [-0.05, 0) is 24.1 Å². The molecule has 1 atom stereocenters. The zero-order valence-electron chi connectivity index (χ0n) is 9.89. The van der Waals surface area contributed by atoms with E-state index in [0.29, 0.717) is 5.69 Å². The Balaban J connectivity index is 2.84. The Kier molecular flexibility index (Phi) is 4.98. The first kappa shape index (κ1) is 14.8. The smallest absolute Gasteiger partial charge is 0.248 e. The van der Waals surface area contributed by atoms with E-state index in [9.17, 15) is 13.2 Å². The number of nitrogens with two attached hydrogens (primary N) is 1. The number of nitrogens with one attached hydrogen (secondary N) is 1. The largest absolute Gasteiger partial charge is 0.366 e. The van der Waals surface area contributed by atoms with E-state index < -0.39 is 15.9 Å². The zero-order valence-corrected chi connectivity index (χ0v) is 11.5. The highest BCUT2D eigenvalue weighted by Crippen LogP contribution is 2.13. The number of carbonyl (C=O) groups excluding carboxylic acids is 1. The van der Waals surface area contributed by atoms with Crippen molar-refractivity contribution in [3.05, 3.63) is 29.8 Å². The molecular weight excluding hydrogens is 276 g/mol. The summed E-state index contributed by atoms with van der Waals surface area (Å²) in [6.45, 7) is 1.74. The summed E-state index contributed by atoms with van der Waals surface area (Å²) in [5.74, 6) is -0.562. The van der Waals surface area contributed by atoms with Crippen LogP contribution >= 0.6 is 11.6 Å². The van der Waals surface area contributed by atoms with Crippen LogP contribution in [-0.2, 0) is 10.0 Å². The standard InChI is InChI=1S/C11H15ClN2O3S/c1-8(6-12)7-18(16,17)14-10-4-2-3-9(5-10)11(13)15/h2-5,8,14H,6-7H2,1H3,(H2,13,15). The molecule has 1 aromatic rings. The summed E-state index contributed by atoms with van der Waals surface area (Å²) >= 11 is 5.57. The van der Waals surface area contributed by atoms with Crippen LogP contribution in [0.1, 0.15) is 17.3 Å². The van der Waals surface area contributed by atoms with Crippen molar-refractivity contribution < 1.29 is 13.2 Å². The number of rotatable bonds is 6. The second kappa shape index (κ2) is 6.06. The van der Waals surface area contributed by atoms with Gasteiger partial charge >= 0.3 is 0 Å². The molecule has 0 fully saturated rings. The number of hydrogen-bond donors (Lipinski definition) is 2. The third-order valence-electron chi connectivity index (χ3n) is 2.19. The van der Waals surface area contributed by atoms with E-state index in [1.54, 1.807) is 19.1 Å². The molecule has 0 spiro atoms. The van der Waals surface area contributed by atoms with E-state index in [4.69, 9.17) is 17.3 Å². The highest BCUT2D eigenvalue weighted by atomic mass is 35.5. The van der Waals surface area contributed by atoms with Gasteiger partial charge in [0.25, 0.3) is 0 Å². The Morgan fingerprint density at radius 1 is 1.50 bits per heavy atom. The van der Waals surface area contributed by atoms with Crippen LogP contribution in [0.5, 0.6) is 0 Å². The molecule has 1 unspecified atom stereocenters. The molecule has 100 valence electrons. The first-order valence-electron chi connectivity index (χ1n) is 5.30. The van der Waals surface area contributed by atoms with Gasteiger partial charge in [0.05, 0.1) is 5.75 Å². The minimum absolute atomic E-state index is 0.0721. The van der Waals surface area contributed by atoms with Crippen LogP contribution in [0.3, 0.4) is 0 Å². The minimum atomic E-state index is -3.47. The van der Waals surface area contributed by atoms with E-state index in [2.05, 4.69) is 4.72 Å². The van der Waals surface area contributed by atoms with Gasteiger partial charge in [-0.3, -0.25) is 9.52 Å². The monoisotopic (exact) mass is 290 g/mol. The van der Waals surface area contributed by atoms with E-state index in [0.717, 1.165) is 0 Å². The van der Waals surface area contributed by atoms with Gasteiger partial charge in [-0.25, -0.2) is 8.42 Å². The molecule has 0 saturated carbocycles. The molecule has 0 bridgehead atoms. The van der Waals surface area contributed by atoms with Gasteiger partial charge in [-0.1, -0.05) is 13.0 Å². The first-order valence-corrected chi connectivity index (χ1v) is 7.49. The van der Waals surface area contributed by atoms with E-state index >= 15 is 0 Å². The lowest BCUT2D eigenvalue weighted by Gasteiger charge is -2.11. The SMILES string of the molecule is CC(CCl)CS(=O)(=O)Nc1cccc(C(N)=O)c1. The quantitative estimate of drug-likeness (QED) is 0.776. The predicted octanol–water partition coefficient (Wildman–Crippen LogP) is 1.40. The van der Waals surface area contributed by atoms with Crippen LogP contribution in [0.15, 0.2) is 24.3 Å². The maximum atomic E-state index is 11.8. The summed E-state index contributed by atoms with van der Waals surface area (Å²) in [5, 5.41) is 0. The Hall–Kier alpha value is -1.27. The Morgan fingerprint density at radius 2 is 2.17 bits per heavy atom. The van der Waals surface area contributed by atoms with Gasteiger partial charge in [-0.2, -0.15) is 0 Å². The number of benzene rings is 1. The molecule has 18 heavy (non-hydrogen) atoms. The van der Waals surface area contributed by atoms with Crippen LogP contribution < -0.4 is 10.5 Å². The fourth-order valence-electron chi connectivity index (χ4n) is 1.38. The highest BCUT2D eigenvalue weighted by molar-refractivity contribution is 7.92. The van der Waals surface area contributed by atoms with Gasteiger partial charge in [0.2, 0.25) is 15.9 Å².